The minimum atomic E-state index is -0.585. The zero-order valence-electron chi connectivity index (χ0n) is 13.7. The number of hydrogen-bond acceptors (Lipinski definition) is 5. The zero-order chi connectivity index (χ0) is 17.3. The van der Waals surface area contributed by atoms with Crippen LogP contribution in [0, 0.1) is 6.92 Å². The Hall–Kier alpha value is -2.31. The van der Waals surface area contributed by atoms with Gasteiger partial charge in [0.1, 0.15) is 18.1 Å². The molecular weight excluding hydrogens is 310 g/mol. The van der Waals surface area contributed by atoms with Gasteiger partial charge in [-0.15, -0.1) is 0 Å². The maximum atomic E-state index is 12.9. The molecule has 0 spiro atoms. The van der Waals surface area contributed by atoms with E-state index in [1.807, 2.05) is 24.3 Å². The van der Waals surface area contributed by atoms with Gasteiger partial charge in [0, 0.05) is 12.1 Å². The van der Waals surface area contributed by atoms with Crippen LogP contribution < -0.4 is 4.74 Å². The highest BCUT2D eigenvalue weighted by Crippen LogP contribution is 2.35. The molecule has 0 aliphatic carbocycles. The van der Waals surface area contributed by atoms with E-state index in [9.17, 15) is 15.0 Å². The maximum absolute atomic E-state index is 12.9. The normalized spacial score (nSPS) is 20.4. The minimum absolute atomic E-state index is 0.209. The van der Waals surface area contributed by atoms with Crippen molar-refractivity contribution in [3.8, 4) is 5.75 Å². The highest BCUT2D eigenvalue weighted by atomic mass is 16.5. The average Bonchev–Trinajstić information content (AvgIpc) is 3.17. The fraction of sp³-hybridized carbons (Fsp3) is 0.389. The molecule has 1 saturated heterocycles. The summed E-state index contributed by atoms with van der Waals surface area (Å²) in [5, 5.41) is 19.3. The molecule has 6 heteroatoms. The Morgan fingerprint density at radius 2 is 2.21 bits per heavy atom. The number of aliphatic hydroxyl groups is 2. The van der Waals surface area contributed by atoms with Gasteiger partial charge < -0.3 is 24.3 Å². The van der Waals surface area contributed by atoms with Gasteiger partial charge in [-0.05, 0) is 37.1 Å². The first-order valence-corrected chi connectivity index (χ1v) is 7.86. The number of β-amino-alcohol motifs (C(OH)–C–C–N with tert-alkyl or cyclic N) is 1. The first kappa shape index (κ1) is 16.5. The van der Waals surface area contributed by atoms with Crippen LogP contribution in [0.15, 0.2) is 34.7 Å². The van der Waals surface area contributed by atoms with Crippen LogP contribution in [0.4, 0.5) is 0 Å². The molecule has 0 bridgehead atoms. The van der Waals surface area contributed by atoms with Crippen LogP contribution in [0.2, 0.25) is 0 Å². The van der Waals surface area contributed by atoms with E-state index in [0.29, 0.717) is 23.5 Å². The van der Waals surface area contributed by atoms with E-state index < -0.39 is 6.10 Å². The van der Waals surface area contributed by atoms with Crippen molar-refractivity contribution in [3.63, 3.8) is 0 Å². The number of aryl methyl sites for hydroxylation is 1. The predicted octanol–water partition coefficient (Wildman–Crippen LogP) is 2.04. The summed E-state index contributed by atoms with van der Waals surface area (Å²) < 4.78 is 10.7. The Morgan fingerprint density at radius 3 is 2.88 bits per heavy atom. The van der Waals surface area contributed by atoms with E-state index in [1.54, 1.807) is 25.0 Å². The van der Waals surface area contributed by atoms with Crippen molar-refractivity contribution in [1.29, 1.82) is 0 Å². The molecule has 1 fully saturated rings. The van der Waals surface area contributed by atoms with Gasteiger partial charge in [0.15, 0.2) is 5.76 Å². The summed E-state index contributed by atoms with van der Waals surface area (Å²) in [7, 11) is 1.59. The molecule has 6 nitrogen and oxygen atoms in total. The number of aliphatic hydroxyl groups excluding tert-OH is 2. The lowest BCUT2D eigenvalue weighted by Gasteiger charge is -2.24. The number of ether oxygens (including phenoxy) is 1. The summed E-state index contributed by atoms with van der Waals surface area (Å²) in [4.78, 5) is 14.5. The Morgan fingerprint density at radius 1 is 1.42 bits per heavy atom. The van der Waals surface area contributed by atoms with Crippen LogP contribution in [0.3, 0.4) is 0 Å². The number of carbonyl (C=O) groups is 1. The van der Waals surface area contributed by atoms with Crippen molar-refractivity contribution in [2.75, 3.05) is 13.7 Å². The Labute approximate surface area is 140 Å². The number of carbonyl (C=O) groups excluding carboxylic acids is 1. The quantitative estimate of drug-likeness (QED) is 0.896. The molecule has 1 aliphatic rings. The fourth-order valence-electron chi connectivity index (χ4n) is 3.17. The number of likely N-dealkylation sites (tertiary alicyclic amines) is 1. The Balaban J connectivity index is 1.92. The number of methoxy groups -OCH3 is 1. The van der Waals surface area contributed by atoms with E-state index in [2.05, 4.69) is 0 Å². The Bertz CT molecular complexity index is 739. The van der Waals surface area contributed by atoms with Gasteiger partial charge in [0.05, 0.1) is 19.3 Å². The minimum Gasteiger partial charge on any atom is -0.497 e. The third-order valence-electron chi connectivity index (χ3n) is 4.34. The van der Waals surface area contributed by atoms with Crippen molar-refractivity contribution < 1.29 is 24.2 Å². The van der Waals surface area contributed by atoms with Gasteiger partial charge in [0.2, 0.25) is 0 Å². The number of furan rings is 1. The van der Waals surface area contributed by atoms with Crippen LogP contribution in [-0.2, 0) is 6.61 Å². The summed E-state index contributed by atoms with van der Waals surface area (Å²) in [6.45, 7) is 1.76. The van der Waals surface area contributed by atoms with E-state index in [0.717, 1.165) is 5.56 Å². The molecule has 0 saturated carbocycles. The molecule has 1 aromatic heterocycles. The first-order chi connectivity index (χ1) is 11.5. The molecule has 1 amide bonds. The topological polar surface area (TPSA) is 83.1 Å². The molecule has 1 aliphatic heterocycles. The van der Waals surface area contributed by atoms with Crippen molar-refractivity contribution in [3.05, 3.63) is 53.0 Å². The number of benzene rings is 1. The zero-order valence-corrected chi connectivity index (χ0v) is 13.7. The number of nitrogens with zero attached hydrogens (tertiary/aromatic N) is 1. The van der Waals surface area contributed by atoms with Crippen molar-refractivity contribution in [1.82, 2.24) is 4.90 Å². The van der Waals surface area contributed by atoms with E-state index in [1.165, 1.54) is 0 Å². The molecule has 2 atom stereocenters. The van der Waals surface area contributed by atoms with E-state index in [4.69, 9.17) is 9.15 Å². The first-order valence-electron chi connectivity index (χ1n) is 7.86. The van der Waals surface area contributed by atoms with Crippen LogP contribution in [-0.4, -0.2) is 40.8 Å². The van der Waals surface area contributed by atoms with E-state index in [-0.39, 0.29) is 30.9 Å². The van der Waals surface area contributed by atoms with Crippen molar-refractivity contribution in [2.45, 2.75) is 32.1 Å². The number of hydrogen-bond donors (Lipinski definition) is 2. The molecule has 2 aromatic rings. The third kappa shape index (κ3) is 3.02. The SMILES string of the molecule is COc1cccc([C@@H]2C[C@H](O)CN2C(=O)c2oc(CO)cc2C)c1. The molecule has 3 rings (SSSR count). The summed E-state index contributed by atoms with van der Waals surface area (Å²) in [6, 6.07) is 8.90. The molecular formula is C18H21NO5. The lowest BCUT2D eigenvalue weighted by Crippen LogP contribution is -2.32. The van der Waals surface area contributed by atoms with Crippen molar-refractivity contribution >= 4 is 5.91 Å². The van der Waals surface area contributed by atoms with Crippen LogP contribution >= 0.6 is 0 Å². The number of amides is 1. The highest BCUT2D eigenvalue weighted by Gasteiger charge is 2.37. The second kappa shape index (κ2) is 6.67. The largest absolute Gasteiger partial charge is 0.497 e. The van der Waals surface area contributed by atoms with E-state index >= 15 is 0 Å². The second-order valence-corrected chi connectivity index (χ2v) is 6.02. The van der Waals surface area contributed by atoms with Gasteiger partial charge >= 0.3 is 0 Å². The lowest BCUT2D eigenvalue weighted by molar-refractivity contribution is 0.0678. The van der Waals surface area contributed by atoms with Crippen LogP contribution in [0.5, 0.6) is 5.75 Å². The molecule has 2 N–H and O–H groups in total. The van der Waals surface area contributed by atoms with Gasteiger partial charge in [-0.25, -0.2) is 0 Å². The predicted molar refractivity (Wildman–Crippen MR) is 86.8 cm³/mol. The molecule has 128 valence electrons. The molecule has 24 heavy (non-hydrogen) atoms. The van der Waals surface area contributed by atoms with Gasteiger partial charge in [0.25, 0.3) is 5.91 Å². The standard InChI is InChI=1S/C18H21NO5/c1-11-6-15(10-20)24-17(11)18(22)19-9-13(21)8-16(19)12-4-3-5-14(7-12)23-2/h3-7,13,16,20-21H,8-10H2,1-2H3/t13-,16-/m0/s1. The maximum Gasteiger partial charge on any atom is 0.290 e. The monoisotopic (exact) mass is 331 g/mol. The summed E-state index contributed by atoms with van der Waals surface area (Å²) in [5.74, 6) is 0.990. The summed E-state index contributed by atoms with van der Waals surface area (Å²) >= 11 is 0. The second-order valence-electron chi connectivity index (χ2n) is 6.02. The molecule has 0 radical (unpaired) electrons. The van der Waals surface area contributed by atoms with Gasteiger partial charge in [-0.2, -0.15) is 0 Å². The lowest BCUT2D eigenvalue weighted by atomic mass is 10.0. The number of rotatable bonds is 4. The van der Waals surface area contributed by atoms with Crippen molar-refractivity contribution in [2.24, 2.45) is 0 Å². The van der Waals surface area contributed by atoms with Crippen LogP contribution in [0.25, 0.3) is 0 Å². The van der Waals surface area contributed by atoms with Crippen LogP contribution in [0.1, 0.15) is 39.9 Å². The third-order valence-corrected chi connectivity index (χ3v) is 4.34. The molecule has 1 aromatic carbocycles. The molecule has 2 heterocycles. The molecule has 0 unspecified atom stereocenters. The summed E-state index contributed by atoms with van der Waals surface area (Å²) in [5.41, 5.74) is 1.58. The Kier molecular flexibility index (Phi) is 4.59. The average molecular weight is 331 g/mol. The smallest absolute Gasteiger partial charge is 0.290 e. The van der Waals surface area contributed by atoms with Gasteiger partial charge in [-0.3, -0.25) is 4.79 Å². The summed E-state index contributed by atoms with van der Waals surface area (Å²) in [6.07, 6.45) is -0.122. The fourth-order valence-corrected chi connectivity index (χ4v) is 3.17. The van der Waals surface area contributed by atoms with Gasteiger partial charge in [-0.1, -0.05) is 12.1 Å². The highest BCUT2D eigenvalue weighted by molar-refractivity contribution is 5.93.